The van der Waals surface area contributed by atoms with Crippen molar-refractivity contribution in [2.75, 3.05) is 6.54 Å². The highest BCUT2D eigenvalue weighted by molar-refractivity contribution is 5.75. The molecule has 5 heteroatoms. The Kier molecular flexibility index (Phi) is 2.93. The highest BCUT2D eigenvalue weighted by Gasteiger charge is 2.58. The van der Waals surface area contributed by atoms with E-state index in [-0.39, 0.29) is 23.8 Å². The maximum Gasteiger partial charge on any atom is 0.218 e. The summed E-state index contributed by atoms with van der Waals surface area (Å²) in [6, 6.07) is 0. The Morgan fingerprint density at radius 1 is 1.71 bits per heavy atom. The molecule has 0 radical (unpaired) electrons. The smallest absolute Gasteiger partial charge is 0.218 e. The molecule has 1 saturated carbocycles. The molecule has 0 unspecified atom stereocenters. The molecule has 2 rings (SSSR count). The van der Waals surface area contributed by atoms with Crippen LogP contribution in [-0.2, 0) is 4.79 Å². The van der Waals surface area contributed by atoms with E-state index in [2.05, 4.69) is 13.0 Å². The van der Waals surface area contributed by atoms with Crippen LogP contribution >= 0.6 is 0 Å². The highest BCUT2D eigenvalue weighted by atomic mass is 16.6. The van der Waals surface area contributed by atoms with E-state index in [0.29, 0.717) is 5.92 Å². The lowest BCUT2D eigenvalue weighted by atomic mass is 9.53. The third-order valence-corrected chi connectivity index (χ3v) is 4.25. The number of carbonyl (C=O) groups excluding carboxylic acids is 1. The molecule has 17 heavy (non-hydrogen) atoms. The predicted molar refractivity (Wildman–Crippen MR) is 62.7 cm³/mol. The van der Waals surface area contributed by atoms with Crippen molar-refractivity contribution in [2.24, 2.45) is 23.0 Å². The first-order chi connectivity index (χ1) is 7.97. The Morgan fingerprint density at radius 2 is 2.41 bits per heavy atom. The summed E-state index contributed by atoms with van der Waals surface area (Å²) in [6.45, 7) is 1.96. The van der Waals surface area contributed by atoms with Gasteiger partial charge in [-0.05, 0) is 31.1 Å². The minimum absolute atomic E-state index is 0.134. The number of carbonyl (C=O) groups is 1. The van der Waals surface area contributed by atoms with Crippen molar-refractivity contribution in [3.8, 4) is 0 Å². The Labute approximate surface area is 100 Å². The Morgan fingerprint density at radius 3 is 2.94 bits per heavy atom. The third kappa shape index (κ3) is 2.06. The van der Waals surface area contributed by atoms with Crippen molar-refractivity contribution < 1.29 is 9.72 Å². The minimum atomic E-state index is -0.503. The van der Waals surface area contributed by atoms with E-state index < -0.39 is 11.3 Å². The molecule has 2 N–H and O–H groups in total. The Bertz CT molecular complexity index is 373. The van der Waals surface area contributed by atoms with Crippen molar-refractivity contribution in [3.05, 3.63) is 21.8 Å². The van der Waals surface area contributed by atoms with Crippen molar-refractivity contribution in [1.29, 1.82) is 0 Å². The van der Waals surface area contributed by atoms with E-state index in [0.717, 1.165) is 19.3 Å². The lowest BCUT2D eigenvalue weighted by molar-refractivity contribution is -0.505. The van der Waals surface area contributed by atoms with Crippen LogP contribution in [0.5, 0.6) is 0 Å². The van der Waals surface area contributed by atoms with E-state index >= 15 is 0 Å². The average Bonchev–Trinajstić information content (AvgIpc) is 2.54. The number of primary amides is 1. The van der Waals surface area contributed by atoms with Crippen LogP contribution in [0.4, 0.5) is 0 Å². The van der Waals surface area contributed by atoms with Gasteiger partial charge in [0.1, 0.15) is 0 Å². The van der Waals surface area contributed by atoms with Gasteiger partial charge in [-0.15, -0.1) is 0 Å². The van der Waals surface area contributed by atoms with Crippen LogP contribution in [0.3, 0.4) is 0 Å². The normalized spacial score (nSPS) is 34.8. The summed E-state index contributed by atoms with van der Waals surface area (Å²) < 4.78 is 0. The van der Waals surface area contributed by atoms with Gasteiger partial charge >= 0.3 is 0 Å². The van der Waals surface area contributed by atoms with Crippen LogP contribution in [0.15, 0.2) is 11.6 Å². The number of hydrogen-bond donors (Lipinski definition) is 1. The summed E-state index contributed by atoms with van der Waals surface area (Å²) in [5.41, 5.74) is 6.10. The van der Waals surface area contributed by atoms with Gasteiger partial charge in [-0.25, -0.2) is 0 Å². The zero-order chi connectivity index (χ0) is 12.6. The first-order valence-corrected chi connectivity index (χ1v) is 6.06. The molecule has 94 valence electrons. The molecule has 5 nitrogen and oxygen atoms in total. The van der Waals surface area contributed by atoms with Crippen LogP contribution in [0, 0.1) is 27.4 Å². The highest BCUT2D eigenvalue weighted by Crippen LogP contribution is 2.60. The van der Waals surface area contributed by atoms with Gasteiger partial charge in [0.2, 0.25) is 12.5 Å². The van der Waals surface area contributed by atoms with Gasteiger partial charge in [0, 0.05) is 11.3 Å². The Balaban J connectivity index is 2.17. The molecule has 0 aromatic heterocycles. The molecule has 2 aliphatic carbocycles. The van der Waals surface area contributed by atoms with Gasteiger partial charge in [-0.2, -0.15) is 0 Å². The Hall–Kier alpha value is -1.39. The molecular weight excluding hydrogens is 220 g/mol. The quantitative estimate of drug-likeness (QED) is 0.447. The zero-order valence-electron chi connectivity index (χ0n) is 10.0. The standard InChI is InChI=1S/C12H18N2O3/c1-2-8-3-9-5-12(6-11(13)15,7-14(16)17)10(9)4-8/h4,9-10H,2-3,5-7H2,1H3,(H2,13,15)/t9-,10-,12+/m1/s1. The molecule has 0 aromatic carbocycles. The lowest BCUT2D eigenvalue weighted by Gasteiger charge is -2.49. The molecule has 0 heterocycles. The summed E-state index contributed by atoms with van der Waals surface area (Å²) in [5.74, 6) is 0.267. The molecule has 0 bridgehead atoms. The van der Waals surface area contributed by atoms with Crippen LogP contribution < -0.4 is 5.73 Å². The summed E-state index contributed by atoms with van der Waals surface area (Å²) >= 11 is 0. The molecule has 1 fully saturated rings. The predicted octanol–water partition coefficient (Wildman–Crippen LogP) is 1.50. The van der Waals surface area contributed by atoms with Gasteiger partial charge in [0.25, 0.3) is 0 Å². The molecule has 2 aliphatic rings. The third-order valence-electron chi connectivity index (χ3n) is 4.25. The van der Waals surface area contributed by atoms with Gasteiger partial charge in [0.15, 0.2) is 0 Å². The van der Waals surface area contributed by atoms with Crippen LogP contribution in [0.1, 0.15) is 32.6 Å². The molecule has 0 spiro atoms. The van der Waals surface area contributed by atoms with Crippen molar-refractivity contribution in [2.45, 2.75) is 32.6 Å². The summed E-state index contributed by atoms with van der Waals surface area (Å²) in [4.78, 5) is 21.6. The number of allylic oxidation sites excluding steroid dienone is 2. The van der Waals surface area contributed by atoms with Crippen LogP contribution in [-0.4, -0.2) is 17.4 Å². The SMILES string of the molecule is CCC1=C[C@@H]2[C@H](C1)C[C@]2(CC(N)=O)C[N+](=O)[O-]. The first kappa shape index (κ1) is 12.1. The van der Waals surface area contributed by atoms with E-state index in [9.17, 15) is 14.9 Å². The molecule has 1 amide bonds. The molecule has 0 saturated heterocycles. The second kappa shape index (κ2) is 4.13. The van der Waals surface area contributed by atoms with E-state index in [1.807, 2.05) is 0 Å². The van der Waals surface area contributed by atoms with Crippen molar-refractivity contribution in [1.82, 2.24) is 0 Å². The molecule has 0 aliphatic heterocycles. The topological polar surface area (TPSA) is 86.2 Å². The van der Waals surface area contributed by atoms with Crippen molar-refractivity contribution in [3.63, 3.8) is 0 Å². The fourth-order valence-corrected chi connectivity index (χ4v) is 3.58. The molecule has 3 atom stereocenters. The fraction of sp³-hybridized carbons (Fsp3) is 0.750. The maximum absolute atomic E-state index is 11.1. The number of hydrogen-bond acceptors (Lipinski definition) is 3. The van der Waals surface area contributed by atoms with Crippen LogP contribution in [0.25, 0.3) is 0 Å². The molecule has 0 aromatic rings. The lowest BCUT2D eigenvalue weighted by Crippen LogP contribution is -2.51. The molecular formula is C12H18N2O3. The van der Waals surface area contributed by atoms with E-state index in [1.54, 1.807) is 0 Å². The number of amides is 1. The van der Waals surface area contributed by atoms with Gasteiger partial charge in [0.05, 0.1) is 5.41 Å². The number of nitrogens with two attached hydrogens (primary N) is 1. The van der Waals surface area contributed by atoms with Crippen LogP contribution in [0.2, 0.25) is 0 Å². The number of rotatable bonds is 5. The summed E-state index contributed by atoms with van der Waals surface area (Å²) in [7, 11) is 0. The number of fused-ring (bicyclic) bond motifs is 1. The minimum Gasteiger partial charge on any atom is -0.370 e. The maximum atomic E-state index is 11.1. The number of nitro groups is 1. The van der Waals surface area contributed by atoms with Gasteiger partial charge in [-0.1, -0.05) is 18.6 Å². The van der Waals surface area contributed by atoms with Gasteiger partial charge < -0.3 is 5.73 Å². The fourth-order valence-electron chi connectivity index (χ4n) is 3.58. The summed E-state index contributed by atoms with van der Waals surface area (Å²) in [6.07, 6.45) is 5.10. The van der Waals surface area contributed by atoms with Crippen molar-refractivity contribution >= 4 is 5.91 Å². The second-order valence-electron chi connectivity index (χ2n) is 5.37. The van der Waals surface area contributed by atoms with Gasteiger partial charge in [-0.3, -0.25) is 14.9 Å². The second-order valence-corrected chi connectivity index (χ2v) is 5.37. The monoisotopic (exact) mass is 238 g/mol. The number of nitrogens with zero attached hydrogens (tertiary/aromatic N) is 1. The summed E-state index contributed by atoms with van der Waals surface area (Å²) in [5, 5.41) is 10.8. The van der Waals surface area contributed by atoms with E-state index in [4.69, 9.17) is 5.73 Å². The average molecular weight is 238 g/mol. The zero-order valence-corrected chi connectivity index (χ0v) is 10.0. The van der Waals surface area contributed by atoms with E-state index in [1.165, 1.54) is 5.57 Å². The largest absolute Gasteiger partial charge is 0.370 e. The first-order valence-electron chi connectivity index (χ1n) is 6.06.